The van der Waals surface area contributed by atoms with E-state index in [2.05, 4.69) is 0 Å². The molecule has 112 valence electrons. The average molecular weight is 289 g/mol. The highest BCUT2D eigenvalue weighted by Crippen LogP contribution is 2.27. The fraction of sp³-hybridized carbons (Fsp3) is 0.294. The fourth-order valence-electron chi connectivity index (χ4n) is 2.26. The highest BCUT2D eigenvalue weighted by atomic mass is 19.1. The van der Waals surface area contributed by atoms with E-state index in [1.54, 1.807) is 20.3 Å². The summed E-state index contributed by atoms with van der Waals surface area (Å²) in [5.41, 5.74) is 8.04. The van der Waals surface area contributed by atoms with Crippen LogP contribution in [0.5, 0.6) is 11.5 Å². The zero-order chi connectivity index (χ0) is 15.2. The molecular weight excluding hydrogens is 269 g/mol. The number of hydrogen-bond acceptors (Lipinski definition) is 3. The Kier molecular flexibility index (Phi) is 5.17. The van der Waals surface area contributed by atoms with E-state index in [-0.39, 0.29) is 11.9 Å². The quantitative estimate of drug-likeness (QED) is 0.885. The van der Waals surface area contributed by atoms with Gasteiger partial charge in [-0.25, -0.2) is 4.39 Å². The molecule has 0 spiro atoms. The van der Waals surface area contributed by atoms with Crippen LogP contribution >= 0.6 is 0 Å². The molecular formula is C17H20FNO2. The molecule has 2 rings (SSSR count). The van der Waals surface area contributed by atoms with Crippen molar-refractivity contribution < 1.29 is 13.9 Å². The number of nitrogens with two attached hydrogens (primary N) is 1. The van der Waals surface area contributed by atoms with Gasteiger partial charge in [-0.05, 0) is 48.7 Å². The predicted molar refractivity (Wildman–Crippen MR) is 81.2 cm³/mol. The molecule has 0 bridgehead atoms. The van der Waals surface area contributed by atoms with Crippen molar-refractivity contribution in [3.05, 3.63) is 59.4 Å². The monoisotopic (exact) mass is 289 g/mol. The molecule has 0 aliphatic carbocycles. The summed E-state index contributed by atoms with van der Waals surface area (Å²) in [6.45, 7) is 0. The van der Waals surface area contributed by atoms with E-state index in [1.807, 2.05) is 24.3 Å². The second kappa shape index (κ2) is 7.09. The van der Waals surface area contributed by atoms with E-state index < -0.39 is 0 Å². The minimum absolute atomic E-state index is 0.266. The summed E-state index contributed by atoms with van der Waals surface area (Å²) in [6.07, 6.45) is 1.52. The number of methoxy groups -OCH3 is 2. The van der Waals surface area contributed by atoms with E-state index in [1.165, 1.54) is 17.7 Å². The van der Waals surface area contributed by atoms with Crippen molar-refractivity contribution >= 4 is 0 Å². The second-order valence-electron chi connectivity index (χ2n) is 4.88. The van der Waals surface area contributed by atoms with E-state index in [9.17, 15) is 4.39 Å². The minimum atomic E-state index is -0.300. The smallest absolute Gasteiger partial charge is 0.123 e. The number of halogens is 1. The van der Waals surface area contributed by atoms with Gasteiger partial charge in [0, 0.05) is 11.6 Å². The Balaban J connectivity index is 2.03. The van der Waals surface area contributed by atoms with Crippen LogP contribution in [0.3, 0.4) is 0 Å². The van der Waals surface area contributed by atoms with Crippen molar-refractivity contribution in [2.45, 2.75) is 18.9 Å². The van der Waals surface area contributed by atoms with Gasteiger partial charge in [-0.15, -0.1) is 0 Å². The first kappa shape index (κ1) is 15.3. The Hall–Kier alpha value is -2.07. The van der Waals surface area contributed by atoms with Gasteiger partial charge in [-0.2, -0.15) is 0 Å². The van der Waals surface area contributed by atoms with Gasteiger partial charge >= 0.3 is 0 Å². The molecule has 2 N–H and O–H groups in total. The second-order valence-corrected chi connectivity index (χ2v) is 4.88. The van der Waals surface area contributed by atoms with Gasteiger partial charge in [0.2, 0.25) is 0 Å². The minimum Gasteiger partial charge on any atom is -0.497 e. The first-order valence-corrected chi connectivity index (χ1v) is 6.86. The molecule has 0 radical (unpaired) electrons. The summed E-state index contributed by atoms with van der Waals surface area (Å²) in [6, 6.07) is 12.0. The van der Waals surface area contributed by atoms with Gasteiger partial charge in [0.1, 0.15) is 17.3 Å². The molecule has 0 heterocycles. The van der Waals surface area contributed by atoms with Crippen LogP contribution in [0, 0.1) is 5.82 Å². The van der Waals surface area contributed by atoms with Crippen molar-refractivity contribution in [1.29, 1.82) is 0 Å². The lowest BCUT2D eigenvalue weighted by molar-refractivity contribution is 0.402. The van der Waals surface area contributed by atoms with Crippen LogP contribution in [-0.2, 0) is 6.42 Å². The molecule has 1 atom stereocenters. The normalized spacial score (nSPS) is 12.0. The van der Waals surface area contributed by atoms with Crippen molar-refractivity contribution in [2.24, 2.45) is 5.73 Å². The summed E-state index contributed by atoms with van der Waals surface area (Å²) >= 11 is 0. The van der Waals surface area contributed by atoms with Gasteiger partial charge in [0.25, 0.3) is 0 Å². The van der Waals surface area contributed by atoms with Crippen molar-refractivity contribution in [2.75, 3.05) is 14.2 Å². The van der Waals surface area contributed by atoms with E-state index in [0.29, 0.717) is 17.7 Å². The third-order valence-corrected chi connectivity index (χ3v) is 3.49. The summed E-state index contributed by atoms with van der Waals surface area (Å²) in [5, 5.41) is 0. The molecule has 2 aromatic carbocycles. The highest BCUT2D eigenvalue weighted by Gasteiger charge is 2.13. The van der Waals surface area contributed by atoms with Crippen LogP contribution in [0.15, 0.2) is 42.5 Å². The summed E-state index contributed by atoms with van der Waals surface area (Å²) < 4.78 is 23.7. The first-order valence-electron chi connectivity index (χ1n) is 6.86. The number of rotatable bonds is 6. The van der Waals surface area contributed by atoms with Crippen molar-refractivity contribution in [3.63, 3.8) is 0 Å². The highest BCUT2D eigenvalue weighted by molar-refractivity contribution is 5.36. The number of benzene rings is 2. The molecule has 0 amide bonds. The first-order chi connectivity index (χ1) is 10.1. The molecule has 0 saturated carbocycles. The maximum Gasteiger partial charge on any atom is 0.123 e. The summed E-state index contributed by atoms with van der Waals surface area (Å²) in [5.74, 6) is 1.15. The van der Waals surface area contributed by atoms with Gasteiger partial charge in [-0.1, -0.05) is 12.1 Å². The van der Waals surface area contributed by atoms with Gasteiger partial charge in [-0.3, -0.25) is 0 Å². The van der Waals surface area contributed by atoms with E-state index in [4.69, 9.17) is 15.2 Å². The maximum absolute atomic E-state index is 13.4. The topological polar surface area (TPSA) is 44.5 Å². The molecule has 0 fully saturated rings. The predicted octanol–water partition coefficient (Wildman–Crippen LogP) is 3.48. The lowest BCUT2D eigenvalue weighted by Crippen LogP contribution is -2.13. The molecule has 1 unspecified atom stereocenters. The molecule has 0 aliphatic heterocycles. The molecule has 0 saturated heterocycles. The molecule has 4 heteroatoms. The van der Waals surface area contributed by atoms with Crippen LogP contribution in [0.1, 0.15) is 23.6 Å². The van der Waals surface area contributed by atoms with Crippen LogP contribution in [0.4, 0.5) is 4.39 Å². The van der Waals surface area contributed by atoms with Crippen LogP contribution in [0.25, 0.3) is 0 Å². The molecule has 2 aromatic rings. The molecule has 0 aliphatic rings. The third kappa shape index (κ3) is 3.95. The fourth-order valence-corrected chi connectivity index (χ4v) is 2.26. The molecule has 3 nitrogen and oxygen atoms in total. The van der Waals surface area contributed by atoms with Crippen LogP contribution < -0.4 is 15.2 Å². The lowest BCUT2D eigenvalue weighted by Gasteiger charge is -2.16. The Morgan fingerprint density at radius 2 is 1.76 bits per heavy atom. The Labute approximate surface area is 124 Å². The van der Waals surface area contributed by atoms with Gasteiger partial charge < -0.3 is 15.2 Å². The zero-order valence-electron chi connectivity index (χ0n) is 12.3. The average Bonchev–Trinajstić information content (AvgIpc) is 2.53. The van der Waals surface area contributed by atoms with Gasteiger partial charge in [0.05, 0.1) is 14.2 Å². The van der Waals surface area contributed by atoms with Crippen molar-refractivity contribution in [3.8, 4) is 11.5 Å². The number of hydrogen-bond donors (Lipinski definition) is 1. The largest absolute Gasteiger partial charge is 0.497 e. The molecule has 0 aromatic heterocycles. The molecule has 21 heavy (non-hydrogen) atoms. The zero-order valence-corrected chi connectivity index (χ0v) is 12.3. The third-order valence-electron chi connectivity index (χ3n) is 3.49. The number of ether oxygens (including phenoxy) is 2. The standard InChI is InChI=1S/C17H20FNO2/c1-20-14-7-3-12(4-8-14)5-9-16(19)15-11-13(18)6-10-17(15)21-2/h3-4,6-8,10-11,16H,5,9,19H2,1-2H3. The lowest BCUT2D eigenvalue weighted by atomic mass is 9.99. The van der Waals surface area contributed by atoms with E-state index in [0.717, 1.165) is 12.2 Å². The maximum atomic E-state index is 13.4. The van der Waals surface area contributed by atoms with E-state index >= 15 is 0 Å². The summed E-state index contributed by atoms with van der Waals surface area (Å²) in [4.78, 5) is 0. The van der Waals surface area contributed by atoms with Crippen molar-refractivity contribution in [1.82, 2.24) is 0 Å². The van der Waals surface area contributed by atoms with Crippen LogP contribution in [0.2, 0.25) is 0 Å². The summed E-state index contributed by atoms with van der Waals surface area (Å²) in [7, 11) is 3.20. The Morgan fingerprint density at radius 3 is 2.38 bits per heavy atom. The van der Waals surface area contributed by atoms with Crippen LogP contribution in [-0.4, -0.2) is 14.2 Å². The SMILES string of the molecule is COc1ccc(CCC(N)c2cc(F)ccc2OC)cc1. The van der Waals surface area contributed by atoms with Gasteiger partial charge in [0.15, 0.2) is 0 Å². The Morgan fingerprint density at radius 1 is 1.05 bits per heavy atom. The number of aryl methyl sites for hydroxylation is 1. The Bertz CT molecular complexity index is 584.